The summed E-state index contributed by atoms with van der Waals surface area (Å²) in [6.07, 6.45) is 3.73. The molecule has 0 bridgehead atoms. The molecule has 0 saturated carbocycles. The van der Waals surface area contributed by atoms with E-state index < -0.39 is 56.9 Å². The van der Waals surface area contributed by atoms with E-state index in [0.717, 1.165) is 35.9 Å². The predicted molar refractivity (Wildman–Crippen MR) is 148 cm³/mol. The Morgan fingerprint density at radius 1 is 1.00 bits per heavy atom. The molecule has 8 nitrogen and oxygen atoms in total. The predicted octanol–water partition coefficient (Wildman–Crippen LogP) is 6.14. The maximum Gasteiger partial charge on any atom is 0.297 e. The van der Waals surface area contributed by atoms with Crippen LogP contribution < -0.4 is 5.32 Å². The van der Waals surface area contributed by atoms with Crippen LogP contribution in [0.4, 0.5) is 18.9 Å². The molecule has 2 aromatic heterocycles. The SMILES string of the molecule is Cc1ccc(S(=O)(=O)OC[C@H]2CCC[C@H](c3ccncc3NC(=O)c3ccc(F)c(-c4c(F)cccc4F)n3)O2)cc1. The Balaban J connectivity index is 1.30. The number of aromatic nitrogens is 2. The third-order valence-corrected chi connectivity index (χ3v) is 8.09. The Hall–Kier alpha value is -4.13. The summed E-state index contributed by atoms with van der Waals surface area (Å²) in [7, 11) is -3.97. The van der Waals surface area contributed by atoms with Gasteiger partial charge in [-0.2, -0.15) is 8.42 Å². The van der Waals surface area contributed by atoms with Gasteiger partial charge in [0.15, 0.2) is 0 Å². The lowest BCUT2D eigenvalue weighted by Gasteiger charge is -2.31. The van der Waals surface area contributed by atoms with Gasteiger partial charge in [0.1, 0.15) is 28.8 Å². The minimum absolute atomic E-state index is 0.0508. The molecule has 0 aliphatic carbocycles. The van der Waals surface area contributed by atoms with Crippen LogP contribution in [0, 0.1) is 24.4 Å². The molecule has 2 atom stereocenters. The van der Waals surface area contributed by atoms with Crippen LogP contribution in [-0.2, 0) is 19.0 Å². The van der Waals surface area contributed by atoms with Gasteiger partial charge in [-0.25, -0.2) is 18.2 Å². The normalized spacial score (nSPS) is 17.1. The van der Waals surface area contributed by atoms with E-state index in [0.29, 0.717) is 24.8 Å². The number of benzene rings is 2. The fourth-order valence-electron chi connectivity index (χ4n) is 4.63. The van der Waals surface area contributed by atoms with Crippen molar-refractivity contribution >= 4 is 21.7 Å². The Labute approximate surface area is 240 Å². The zero-order chi connectivity index (χ0) is 29.9. The van der Waals surface area contributed by atoms with Gasteiger partial charge in [0.2, 0.25) is 0 Å². The van der Waals surface area contributed by atoms with E-state index in [4.69, 9.17) is 8.92 Å². The van der Waals surface area contributed by atoms with E-state index in [1.54, 1.807) is 18.2 Å². The highest BCUT2D eigenvalue weighted by molar-refractivity contribution is 7.86. The van der Waals surface area contributed by atoms with E-state index in [9.17, 15) is 26.4 Å². The van der Waals surface area contributed by atoms with Gasteiger partial charge in [-0.1, -0.05) is 23.8 Å². The molecule has 3 heterocycles. The highest BCUT2D eigenvalue weighted by atomic mass is 32.2. The van der Waals surface area contributed by atoms with Crippen LogP contribution in [0.2, 0.25) is 0 Å². The summed E-state index contributed by atoms with van der Waals surface area (Å²) in [4.78, 5) is 21.1. The van der Waals surface area contributed by atoms with E-state index >= 15 is 0 Å². The highest BCUT2D eigenvalue weighted by Crippen LogP contribution is 2.35. The molecule has 0 unspecified atom stereocenters. The van der Waals surface area contributed by atoms with Crippen LogP contribution in [0.25, 0.3) is 11.3 Å². The maximum atomic E-state index is 14.5. The van der Waals surface area contributed by atoms with Gasteiger partial charge in [0.25, 0.3) is 16.0 Å². The number of nitrogens with one attached hydrogen (secondary N) is 1. The van der Waals surface area contributed by atoms with Crippen LogP contribution in [0.5, 0.6) is 0 Å². The zero-order valence-electron chi connectivity index (χ0n) is 22.4. The molecule has 2 aromatic carbocycles. The molecule has 5 rings (SSSR count). The van der Waals surface area contributed by atoms with Crippen LogP contribution in [0.1, 0.15) is 47.0 Å². The molecule has 1 fully saturated rings. The van der Waals surface area contributed by atoms with Gasteiger partial charge in [0, 0.05) is 11.8 Å². The maximum absolute atomic E-state index is 14.5. The number of nitrogens with zero attached hydrogens (tertiary/aromatic N) is 2. The zero-order valence-corrected chi connectivity index (χ0v) is 23.2. The van der Waals surface area contributed by atoms with Gasteiger partial charge in [-0.15, -0.1) is 0 Å². The fraction of sp³-hybridized carbons (Fsp3) is 0.233. The molecule has 4 aromatic rings. The summed E-state index contributed by atoms with van der Waals surface area (Å²) < 4.78 is 79.8. The number of amides is 1. The number of hydrogen-bond acceptors (Lipinski definition) is 7. The van der Waals surface area contributed by atoms with Gasteiger partial charge in [-0.3, -0.25) is 14.0 Å². The first-order chi connectivity index (χ1) is 20.1. The van der Waals surface area contributed by atoms with Crippen LogP contribution in [-0.4, -0.2) is 37.0 Å². The minimum Gasteiger partial charge on any atom is -0.368 e. The monoisotopic (exact) mass is 597 g/mol. The number of hydrogen-bond donors (Lipinski definition) is 1. The van der Waals surface area contributed by atoms with E-state index in [1.165, 1.54) is 24.5 Å². The molecule has 12 heteroatoms. The Bertz CT molecular complexity index is 1700. The summed E-state index contributed by atoms with van der Waals surface area (Å²) in [6, 6.07) is 13.1. The number of aryl methyl sites for hydroxylation is 1. The Morgan fingerprint density at radius 3 is 2.48 bits per heavy atom. The number of carbonyl (C=O) groups excluding carboxylic acids is 1. The van der Waals surface area contributed by atoms with Crippen molar-refractivity contribution in [3.05, 3.63) is 107 Å². The first-order valence-electron chi connectivity index (χ1n) is 13.1. The molecule has 1 aliphatic heterocycles. The van der Waals surface area contributed by atoms with Crippen molar-refractivity contribution in [3.8, 4) is 11.3 Å². The quantitative estimate of drug-likeness (QED) is 0.243. The molecule has 1 aliphatic rings. The standard InChI is InChI=1S/C30H26F3N3O5S/c1-18-8-10-20(11-9-18)42(38,39)40-17-19-4-2-7-27(41-19)21-14-15-34-16-26(21)36-30(37)25-13-12-24(33)29(35-25)28-22(31)5-3-6-23(28)32/h3,5-6,8-16,19,27H,2,4,7,17H2,1H3,(H,36,37)/t19-,27-/m1/s1. The van der Waals surface area contributed by atoms with Crippen molar-refractivity contribution in [1.82, 2.24) is 9.97 Å². The van der Waals surface area contributed by atoms with E-state index in [2.05, 4.69) is 15.3 Å². The molecule has 0 spiro atoms. The molecule has 42 heavy (non-hydrogen) atoms. The number of pyridine rings is 2. The summed E-state index contributed by atoms with van der Waals surface area (Å²) >= 11 is 0. The summed E-state index contributed by atoms with van der Waals surface area (Å²) in [5.74, 6) is -3.80. The second-order valence-electron chi connectivity index (χ2n) is 9.77. The van der Waals surface area contributed by atoms with Gasteiger partial charge >= 0.3 is 0 Å². The first kappa shape index (κ1) is 29.4. The minimum atomic E-state index is -3.97. The number of carbonyl (C=O) groups is 1. The van der Waals surface area contributed by atoms with Crippen LogP contribution in [0.15, 0.2) is 78.0 Å². The van der Waals surface area contributed by atoms with Crippen molar-refractivity contribution in [1.29, 1.82) is 0 Å². The molecule has 218 valence electrons. The van der Waals surface area contributed by atoms with E-state index in [1.807, 2.05) is 6.92 Å². The van der Waals surface area contributed by atoms with E-state index in [-0.39, 0.29) is 22.9 Å². The van der Waals surface area contributed by atoms with Crippen molar-refractivity contribution < 1.29 is 35.3 Å². The van der Waals surface area contributed by atoms with Gasteiger partial charge in [0.05, 0.1) is 41.2 Å². The lowest BCUT2D eigenvalue weighted by atomic mass is 9.98. The lowest BCUT2D eigenvalue weighted by Crippen LogP contribution is -2.28. The third kappa shape index (κ3) is 6.51. The highest BCUT2D eigenvalue weighted by Gasteiger charge is 2.28. The average molecular weight is 598 g/mol. The van der Waals surface area contributed by atoms with Gasteiger partial charge < -0.3 is 10.1 Å². The fourth-order valence-corrected chi connectivity index (χ4v) is 5.57. The third-order valence-electron chi connectivity index (χ3n) is 6.80. The van der Waals surface area contributed by atoms with Crippen molar-refractivity contribution in [2.24, 2.45) is 0 Å². The molecular formula is C30H26F3N3O5S. The molecular weight excluding hydrogens is 571 g/mol. The smallest absolute Gasteiger partial charge is 0.297 e. The average Bonchev–Trinajstić information content (AvgIpc) is 2.97. The van der Waals surface area contributed by atoms with Crippen molar-refractivity contribution in [3.63, 3.8) is 0 Å². The number of anilines is 1. The topological polar surface area (TPSA) is 107 Å². The molecule has 1 amide bonds. The van der Waals surface area contributed by atoms with Crippen molar-refractivity contribution in [2.45, 2.75) is 43.3 Å². The molecule has 1 N–H and O–H groups in total. The second kappa shape index (κ2) is 12.4. The van der Waals surface area contributed by atoms with Crippen LogP contribution in [0.3, 0.4) is 0 Å². The Morgan fingerprint density at radius 2 is 1.74 bits per heavy atom. The summed E-state index contributed by atoms with van der Waals surface area (Å²) in [6.45, 7) is 1.66. The molecule has 0 radical (unpaired) electrons. The first-order valence-corrected chi connectivity index (χ1v) is 14.5. The van der Waals surface area contributed by atoms with Crippen LogP contribution >= 0.6 is 0 Å². The largest absolute Gasteiger partial charge is 0.368 e. The number of rotatable bonds is 8. The second-order valence-corrected chi connectivity index (χ2v) is 11.4. The van der Waals surface area contributed by atoms with Gasteiger partial charge in [-0.05, 0) is 68.7 Å². The number of halogens is 3. The summed E-state index contributed by atoms with van der Waals surface area (Å²) in [5.41, 5.74) is 0.185. The lowest BCUT2D eigenvalue weighted by molar-refractivity contribution is -0.0681. The summed E-state index contributed by atoms with van der Waals surface area (Å²) in [5, 5.41) is 2.67. The number of ether oxygens (including phenoxy) is 1. The van der Waals surface area contributed by atoms with Crippen molar-refractivity contribution in [2.75, 3.05) is 11.9 Å². The Kier molecular flexibility index (Phi) is 8.66. The molecule has 1 saturated heterocycles.